The minimum Gasteiger partial charge on any atom is -0.346 e. The number of nitrogens with zero attached hydrogens (tertiary/aromatic N) is 2. The Morgan fingerprint density at radius 3 is 2.86 bits per heavy atom. The van der Waals surface area contributed by atoms with Crippen LogP contribution in [0.4, 0.5) is 0 Å². The van der Waals surface area contributed by atoms with Gasteiger partial charge in [-0.2, -0.15) is 5.10 Å². The van der Waals surface area contributed by atoms with E-state index in [1.165, 1.54) is 16.8 Å². The summed E-state index contributed by atoms with van der Waals surface area (Å²) in [5.74, 6) is -0.0518. The number of carbonyl (C=O) groups excluding carboxylic acids is 1. The maximum Gasteiger partial charge on any atom is 0.251 e. The fourth-order valence-corrected chi connectivity index (χ4v) is 3.60. The van der Waals surface area contributed by atoms with Crippen molar-refractivity contribution in [2.24, 2.45) is 0 Å². The van der Waals surface area contributed by atoms with Gasteiger partial charge in [-0.25, -0.2) is 0 Å². The van der Waals surface area contributed by atoms with Crippen molar-refractivity contribution in [3.63, 3.8) is 0 Å². The number of hydrogen-bond donors (Lipinski definition) is 2. The van der Waals surface area contributed by atoms with Gasteiger partial charge in [-0.05, 0) is 49.6 Å². The van der Waals surface area contributed by atoms with Crippen LogP contribution < -0.4 is 10.6 Å². The van der Waals surface area contributed by atoms with Crippen LogP contribution in [0.1, 0.15) is 44.9 Å². The van der Waals surface area contributed by atoms with E-state index in [4.69, 9.17) is 0 Å². The fourth-order valence-electron chi connectivity index (χ4n) is 3.60. The highest BCUT2D eigenvalue weighted by molar-refractivity contribution is 5.95. The van der Waals surface area contributed by atoms with Crippen molar-refractivity contribution in [3.8, 4) is 0 Å². The summed E-state index contributed by atoms with van der Waals surface area (Å²) in [6.45, 7) is 5.30. The molecule has 0 saturated carbocycles. The quantitative estimate of drug-likeness (QED) is 0.721. The molecule has 144 valence electrons. The van der Waals surface area contributed by atoms with Crippen molar-refractivity contribution in [3.05, 3.63) is 88.2 Å². The SMILES string of the molecule is Cc1ccc(Cc2ccccc2C(=O)NCc2cc3n(n2)CCCNC3)cc1. The van der Waals surface area contributed by atoms with Crippen molar-refractivity contribution >= 4 is 5.91 Å². The molecule has 0 fully saturated rings. The van der Waals surface area contributed by atoms with Crippen LogP contribution in [0.5, 0.6) is 0 Å². The van der Waals surface area contributed by atoms with Gasteiger partial charge in [0.05, 0.1) is 17.9 Å². The molecule has 0 saturated heterocycles. The number of carbonyl (C=O) groups is 1. The van der Waals surface area contributed by atoms with Gasteiger partial charge in [0, 0.05) is 18.7 Å². The number of fused-ring (bicyclic) bond motifs is 1. The monoisotopic (exact) mass is 374 g/mol. The van der Waals surface area contributed by atoms with E-state index in [-0.39, 0.29) is 5.91 Å². The molecule has 5 heteroatoms. The standard InChI is InChI=1S/C23H26N4O/c1-17-7-9-18(10-8-17)13-19-5-2-3-6-22(19)23(28)25-15-20-14-21-16-24-11-4-12-27(21)26-20/h2-3,5-10,14,24H,4,11-13,15-16H2,1H3,(H,25,28). The van der Waals surface area contributed by atoms with Crippen LogP contribution in [0.2, 0.25) is 0 Å². The van der Waals surface area contributed by atoms with E-state index in [1.54, 1.807) is 0 Å². The molecule has 1 aromatic heterocycles. The average molecular weight is 374 g/mol. The van der Waals surface area contributed by atoms with Crippen molar-refractivity contribution < 1.29 is 4.79 Å². The Labute approximate surface area is 165 Å². The van der Waals surface area contributed by atoms with Crippen LogP contribution >= 0.6 is 0 Å². The minimum absolute atomic E-state index is 0.0518. The van der Waals surface area contributed by atoms with Gasteiger partial charge in [-0.3, -0.25) is 9.48 Å². The first kappa shape index (κ1) is 18.4. The van der Waals surface area contributed by atoms with Crippen LogP contribution in [0.25, 0.3) is 0 Å². The molecular formula is C23H26N4O. The highest BCUT2D eigenvalue weighted by Crippen LogP contribution is 2.16. The second-order valence-electron chi connectivity index (χ2n) is 7.38. The molecule has 2 N–H and O–H groups in total. The average Bonchev–Trinajstić information content (AvgIpc) is 2.97. The van der Waals surface area contributed by atoms with E-state index in [0.29, 0.717) is 6.54 Å². The van der Waals surface area contributed by atoms with Gasteiger partial charge in [0.15, 0.2) is 0 Å². The van der Waals surface area contributed by atoms with E-state index in [2.05, 4.69) is 53.0 Å². The summed E-state index contributed by atoms with van der Waals surface area (Å²) in [4.78, 5) is 12.8. The number of nitrogens with one attached hydrogen (secondary N) is 2. The predicted octanol–water partition coefficient (Wildman–Crippen LogP) is 3.21. The largest absolute Gasteiger partial charge is 0.346 e. The Bertz CT molecular complexity index is 935. The first-order valence-electron chi connectivity index (χ1n) is 9.87. The van der Waals surface area contributed by atoms with Gasteiger partial charge in [-0.1, -0.05) is 48.0 Å². The van der Waals surface area contributed by atoms with Gasteiger partial charge in [-0.15, -0.1) is 0 Å². The Kier molecular flexibility index (Phi) is 5.53. The molecule has 0 radical (unpaired) electrons. The summed E-state index contributed by atoms with van der Waals surface area (Å²) in [7, 11) is 0. The Hall–Kier alpha value is -2.92. The Morgan fingerprint density at radius 2 is 2.00 bits per heavy atom. The van der Waals surface area contributed by atoms with Crippen LogP contribution in [0.15, 0.2) is 54.6 Å². The zero-order valence-corrected chi connectivity index (χ0v) is 16.2. The van der Waals surface area contributed by atoms with E-state index in [1.807, 2.05) is 28.9 Å². The van der Waals surface area contributed by atoms with Crippen LogP contribution in [0, 0.1) is 6.92 Å². The van der Waals surface area contributed by atoms with E-state index in [0.717, 1.165) is 49.3 Å². The summed E-state index contributed by atoms with van der Waals surface area (Å²) in [6, 6.07) is 18.4. The predicted molar refractivity (Wildman–Crippen MR) is 110 cm³/mol. The molecule has 1 aliphatic heterocycles. The molecule has 0 spiro atoms. The third kappa shape index (κ3) is 4.31. The number of aromatic nitrogens is 2. The third-order valence-corrected chi connectivity index (χ3v) is 5.15. The van der Waals surface area contributed by atoms with E-state index < -0.39 is 0 Å². The van der Waals surface area contributed by atoms with Gasteiger partial charge in [0.25, 0.3) is 5.91 Å². The number of benzene rings is 2. The normalized spacial score (nSPS) is 13.6. The first-order chi connectivity index (χ1) is 13.7. The molecular weight excluding hydrogens is 348 g/mol. The zero-order valence-electron chi connectivity index (χ0n) is 16.2. The second kappa shape index (κ2) is 8.40. The van der Waals surface area contributed by atoms with Gasteiger partial charge < -0.3 is 10.6 Å². The molecule has 28 heavy (non-hydrogen) atoms. The van der Waals surface area contributed by atoms with Crippen LogP contribution in [-0.4, -0.2) is 22.2 Å². The van der Waals surface area contributed by atoms with Crippen molar-refractivity contribution in [1.29, 1.82) is 0 Å². The maximum absolute atomic E-state index is 12.8. The van der Waals surface area contributed by atoms with Crippen molar-refractivity contribution in [2.45, 2.75) is 39.4 Å². The maximum atomic E-state index is 12.8. The molecule has 4 rings (SSSR count). The van der Waals surface area contributed by atoms with Crippen molar-refractivity contribution in [1.82, 2.24) is 20.4 Å². The highest BCUT2D eigenvalue weighted by atomic mass is 16.1. The summed E-state index contributed by atoms with van der Waals surface area (Å²) in [5.41, 5.74) is 6.29. The molecule has 0 bridgehead atoms. The Balaban J connectivity index is 1.44. The van der Waals surface area contributed by atoms with Crippen LogP contribution in [-0.2, 0) is 26.1 Å². The Morgan fingerprint density at radius 1 is 1.18 bits per heavy atom. The summed E-state index contributed by atoms with van der Waals surface area (Å²) in [6.07, 6.45) is 1.82. The lowest BCUT2D eigenvalue weighted by molar-refractivity contribution is 0.0949. The smallest absolute Gasteiger partial charge is 0.251 e. The van der Waals surface area contributed by atoms with Gasteiger partial charge in [0.1, 0.15) is 0 Å². The molecule has 5 nitrogen and oxygen atoms in total. The second-order valence-corrected chi connectivity index (χ2v) is 7.38. The van der Waals surface area contributed by atoms with Gasteiger partial charge >= 0.3 is 0 Å². The fraction of sp³-hybridized carbons (Fsp3) is 0.304. The van der Waals surface area contributed by atoms with Crippen molar-refractivity contribution in [2.75, 3.05) is 6.54 Å². The lowest BCUT2D eigenvalue weighted by Gasteiger charge is -2.10. The molecule has 2 aromatic carbocycles. The lowest BCUT2D eigenvalue weighted by Crippen LogP contribution is -2.24. The third-order valence-electron chi connectivity index (χ3n) is 5.15. The molecule has 0 atom stereocenters. The van der Waals surface area contributed by atoms with Gasteiger partial charge in [0.2, 0.25) is 0 Å². The van der Waals surface area contributed by atoms with Crippen LogP contribution in [0.3, 0.4) is 0 Å². The molecule has 1 aliphatic rings. The van der Waals surface area contributed by atoms with E-state index in [9.17, 15) is 4.79 Å². The topological polar surface area (TPSA) is 59.0 Å². The highest BCUT2D eigenvalue weighted by Gasteiger charge is 2.14. The minimum atomic E-state index is -0.0518. The number of amides is 1. The molecule has 3 aromatic rings. The van der Waals surface area contributed by atoms with E-state index >= 15 is 0 Å². The molecule has 0 unspecified atom stereocenters. The summed E-state index contributed by atoms with van der Waals surface area (Å²) in [5, 5.41) is 11.1. The number of aryl methyl sites for hydroxylation is 2. The zero-order chi connectivity index (χ0) is 19.3. The number of hydrogen-bond acceptors (Lipinski definition) is 3. The molecule has 0 aliphatic carbocycles. The first-order valence-corrected chi connectivity index (χ1v) is 9.87. The summed E-state index contributed by atoms with van der Waals surface area (Å²) >= 11 is 0. The summed E-state index contributed by atoms with van der Waals surface area (Å²) < 4.78 is 2.05. The lowest BCUT2D eigenvalue weighted by atomic mass is 9.98. The molecule has 1 amide bonds. The number of rotatable bonds is 5. The molecule has 2 heterocycles.